The predicted octanol–water partition coefficient (Wildman–Crippen LogP) is 6.00. The number of rotatable bonds is 18. The molecule has 4 atom stereocenters. The third kappa shape index (κ3) is 11.8. The van der Waals surface area contributed by atoms with E-state index in [1.807, 2.05) is 12.2 Å². The van der Waals surface area contributed by atoms with Crippen molar-refractivity contribution in [3.8, 4) is 0 Å². The Bertz CT molecular complexity index is 575. The number of carbonyl (C=O) groups excluding carboxylic acids is 1. The molecule has 2 N–H and O–H groups in total. The molecular weight excluding hydrogens is 424 g/mol. The van der Waals surface area contributed by atoms with Gasteiger partial charge in [-0.15, -0.1) is 11.8 Å². The molecule has 0 radical (unpaired) electrons. The molecule has 32 heavy (non-hydrogen) atoms. The minimum absolute atomic E-state index is 0.118. The summed E-state index contributed by atoms with van der Waals surface area (Å²) in [6.45, 7) is 7.20. The van der Waals surface area contributed by atoms with Gasteiger partial charge in [0, 0.05) is 23.7 Å². The zero-order valence-electron chi connectivity index (χ0n) is 20.7. The number of ether oxygens (including phenoxy) is 2. The first-order valence-corrected chi connectivity index (χ1v) is 13.5. The molecule has 0 saturated carbocycles. The van der Waals surface area contributed by atoms with Crippen molar-refractivity contribution in [3.05, 3.63) is 22.8 Å². The fourth-order valence-electron chi connectivity index (χ4n) is 3.88. The molecule has 6 heteroatoms. The van der Waals surface area contributed by atoms with E-state index in [9.17, 15) is 15.0 Å². The van der Waals surface area contributed by atoms with E-state index >= 15 is 0 Å². The first-order chi connectivity index (χ1) is 15.4. The van der Waals surface area contributed by atoms with E-state index in [-0.39, 0.29) is 11.9 Å². The van der Waals surface area contributed by atoms with Crippen LogP contribution in [-0.2, 0) is 14.3 Å². The van der Waals surface area contributed by atoms with E-state index in [0.29, 0.717) is 25.4 Å². The number of aliphatic hydroxyl groups is 2. The monoisotopic (exact) mass is 470 g/mol. The molecular formula is C26H46O5S. The second kappa shape index (κ2) is 17.5. The molecule has 0 amide bonds. The van der Waals surface area contributed by atoms with E-state index in [2.05, 4.69) is 20.8 Å². The number of aliphatic hydroxyl groups excluding tert-OH is 2. The molecule has 1 aliphatic carbocycles. The maximum Gasteiger partial charge on any atom is 0.305 e. The lowest BCUT2D eigenvalue weighted by molar-refractivity contribution is -0.140. The summed E-state index contributed by atoms with van der Waals surface area (Å²) < 4.78 is 10.7. The summed E-state index contributed by atoms with van der Waals surface area (Å²) in [6, 6.07) is 0. The molecule has 0 aromatic rings. The molecule has 186 valence electrons. The lowest BCUT2D eigenvalue weighted by Gasteiger charge is -2.17. The van der Waals surface area contributed by atoms with Gasteiger partial charge in [0.2, 0.25) is 0 Å². The standard InChI is InChI=1S/C26H46O5S/c1-5-7-12-20(3)18-21(27)14-15-22-23(28)19-24(31-16-8-6-2)26(22)32-17-11-9-10-13-25(29)30-4/h14-15,20-23,27-28H,5-13,16-19H2,1-4H3/b15-14+/t20-,21+,22-,23+/m0/s1. The van der Waals surface area contributed by atoms with Crippen molar-refractivity contribution in [2.45, 2.75) is 104 Å². The molecule has 0 fully saturated rings. The molecule has 0 spiro atoms. The van der Waals surface area contributed by atoms with Gasteiger partial charge in [-0.05, 0) is 37.4 Å². The second-order valence-electron chi connectivity index (χ2n) is 8.96. The fourth-order valence-corrected chi connectivity index (χ4v) is 5.18. The maximum atomic E-state index is 11.2. The number of methoxy groups -OCH3 is 1. The molecule has 1 aliphatic rings. The summed E-state index contributed by atoms with van der Waals surface area (Å²) in [6.07, 6.45) is 13.0. The Morgan fingerprint density at radius 2 is 1.94 bits per heavy atom. The van der Waals surface area contributed by atoms with Crippen LogP contribution in [-0.4, -0.2) is 47.9 Å². The number of esters is 1. The smallest absolute Gasteiger partial charge is 0.305 e. The third-order valence-electron chi connectivity index (χ3n) is 5.91. The lowest BCUT2D eigenvalue weighted by atomic mass is 9.96. The highest BCUT2D eigenvalue weighted by atomic mass is 32.2. The zero-order valence-corrected chi connectivity index (χ0v) is 21.5. The van der Waals surface area contributed by atoms with E-state index in [1.54, 1.807) is 11.8 Å². The first kappa shape index (κ1) is 29.1. The lowest BCUT2D eigenvalue weighted by Crippen LogP contribution is -2.15. The normalized spacial score (nSPS) is 20.7. The second-order valence-corrected chi connectivity index (χ2v) is 10.1. The van der Waals surface area contributed by atoms with Gasteiger partial charge >= 0.3 is 5.97 Å². The van der Waals surface area contributed by atoms with Gasteiger partial charge in [-0.1, -0.05) is 65.0 Å². The summed E-state index contributed by atoms with van der Waals surface area (Å²) in [5, 5.41) is 21.2. The van der Waals surface area contributed by atoms with Crippen LogP contribution in [0, 0.1) is 11.8 Å². The number of hydrogen-bond acceptors (Lipinski definition) is 6. The van der Waals surface area contributed by atoms with Crippen molar-refractivity contribution in [1.82, 2.24) is 0 Å². The van der Waals surface area contributed by atoms with Gasteiger partial charge in [0.1, 0.15) is 5.76 Å². The summed E-state index contributed by atoms with van der Waals surface area (Å²) in [4.78, 5) is 12.3. The number of unbranched alkanes of at least 4 members (excludes halogenated alkanes) is 4. The molecule has 0 unspecified atom stereocenters. The zero-order chi connectivity index (χ0) is 23.8. The van der Waals surface area contributed by atoms with Crippen LogP contribution in [0.4, 0.5) is 0 Å². The van der Waals surface area contributed by atoms with Crippen LogP contribution in [0.1, 0.15) is 91.4 Å². The third-order valence-corrected chi connectivity index (χ3v) is 7.21. The van der Waals surface area contributed by atoms with Crippen LogP contribution in [0.25, 0.3) is 0 Å². The fraction of sp³-hybridized carbons (Fsp3) is 0.808. The average Bonchev–Trinajstić information content (AvgIpc) is 3.07. The Labute approximate surface area is 200 Å². The summed E-state index contributed by atoms with van der Waals surface area (Å²) in [5.74, 6) is 2.05. The minimum atomic E-state index is -0.505. The van der Waals surface area contributed by atoms with E-state index in [4.69, 9.17) is 9.47 Å². The Kier molecular flexibility index (Phi) is 15.9. The van der Waals surface area contributed by atoms with Crippen molar-refractivity contribution in [1.29, 1.82) is 0 Å². The molecule has 0 aliphatic heterocycles. The maximum absolute atomic E-state index is 11.2. The van der Waals surface area contributed by atoms with E-state index < -0.39 is 12.2 Å². The SMILES string of the molecule is CCCCOC1=C(SCCCCCC(=O)OC)[C@@H](/C=C/[C@@H](O)C[C@@H](C)CCCC)[C@H](O)C1. The highest BCUT2D eigenvalue weighted by Crippen LogP contribution is 2.41. The van der Waals surface area contributed by atoms with Crippen LogP contribution >= 0.6 is 11.8 Å². The predicted molar refractivity (Wildman–Crippen MR) is 133 cm³/mol. The summed E-state index contributed by atoms with van der Waals surface area (Å²) in [5.41, 5.74) is 0. The number of hydrogen-bond donors (Lipinski definition) is 2. The van der Waals surface area contributed by atoms with Gasteiger partial charge in [-0.25, -0.2) is 0 Å². The quantitative estimate of drug-likeness (QED) is 0.145. The van der Waals surface area contributed by atoms with Crippen LogP contribution in [0.2, 0.25) is 0 Å². The minimum Gasteiger partial charge on any atom is -0.497 e. The Morgan fingerprint density at radius 1 is 1.19 bits per heavy atom. The van der Waals surface area contributed by atoms with Crippen LogP contribution in [0.3, 0.4) is 0 Å². The largest absolute Gasteiger partial charge is 0.497 e. The Balaban J connectivity index is 2.66. The highest BCUT2D eigenvalue weighted by Gasteiger charge is 2.33. The van der Waals surface area contributed by atoms with Gasteiger partial charge in [0.15, 0.2) is 0 Å². The number of thioether (sulfide) groups is 1. The van der Waals surface area contributed by atoms with E-state index in [0.717, 1.165) is 61.4 Å². The summed E-state index contributed by atoms with van der Waals surface area (Å²) in [7, 11) is 1.42. The number of carbonyl (C=O) groups is 1. The molecule has 5 nitrogen and oxygen atoms in total. The van der Waals surface area contributed by atoms with Gasteiger partial charge in [0.05, 0.1) is 25.9 Å². The summed E-state index contributed by atoms with van der Waals surface area (Å²) >= 11 is 1.75. The molecule has 0 saturated heterocycles. The van der Waals surface area contributed by atoms with E-state index in [1.165, 1.54) is 20.0 Å². The van der Waals surface area contributed by atoms with Gasteiger partial charge in [-0.3, -0.25) is 4.79 Å². The van der Waals surface area contributed by atoms with Crippen LogP contribution < -0.4 is 0 Å². The molecule has 0 aromatic carbocycles. The first-order valence-electron chi connectivity index (χ1n) is 12.5. The Morgan fingerprint density at radius 3 is 2.62 bits per heavy atom. The molecule has 0 aromatic heterocycles. The van der Waals surface area contributed by atoms with Crippen molar-refractivity contribution in [3.63, 3.8) is 0 Å². The van der Waals surface area contributed by atoms with Gasteiger partial charge in [0.25, 0.3) is 0 Å². The average molecular weight is 471 g/mol. The molecule has 0 bridgehead atoms. The van der Waals surface area contributed by atoms with Gasteiger partial charge in [-0.2, -0.15) is 0 Å². The van der Waals surface area contributed by atoms with Crippen molar-refractivity contribution >= 4 is 17.7 Å². The van der Waals surface area contributed by atoms with Crippen molar-refractivity contribution < 1.29 is 24.5 Å². The molecule has 0 heterocycles. The van der Waals surface area contributed by atoms with Crippen LogP contribution in [0.5, 0.6) is 0 Å². The molecule has 1 rings (SSSR count). The van der Waals surface area contributed by atoms with Gasteiger partial charge < -0.3 is 19.7 Å². The van der Waals surface area contributed by atoms with Crippen molar-refractivity contribution in [2.24, 2.45) is 11.8 Å². The topological polar surface area (TPSA) is 76.0 Å². The Hall–Kier alpha value is -0.980. The highest BCUT2D eigenvalue weighted by molar-refractivity contribution is 8.03. The van der Waals surface area contributed by atoms with Crippen LogP contribution in [0.15, 0.2) is 22.8 Å². The van der Waals surface area contributed by atoms with Crippen molar-refractivity contribution in [2.75, 3.05) is 19.5 Å².